The normalized spacial score (nSPS) is 13.7. The zero-order chi connectivity index (χ0) is 11.6. The monoisotopic (exact) mass is 229 g/mol. The van der Waals surface area contributed by atoms with E-state index in [1.165, 1.54) is 26.0 Å². The van der Waals surface area contributed by atoms with E-state index >= 15 is 0 Å². The van der Waals surface area contributed by atoms with E-state index in [0.29, 0.717) is 10.6 Å². The van der Waals surface area contributed by atoms with Gasteiger partial charge >= 0.3 is 0 Å². The Balaban J connectivity index is 2.90. The van der Waals surface area contributed by atoms with Gasteiger partial charge < -0.3 is 5.73 Å². The summed E-state index contributed by atoms with van der Waals surface area (Å²) in [6.45, 7) is 2.57. The van der Waals surface area contributed by atoms with E-state index in [9.17, 15) is 9.18 Å². The molecular weight excluding hydrogens is 217 g/mol. The van der Waals surface area contributed by atoms with Crippen LogP contribution in [-0.4, -0.2) is 17.5 Å². The summed E-state index contributed by atoms with van der Waals surface area (Å²) in [5.74, 6) is -0.417. The first kappa shape index (κ1) is 12.1. The maximum Gasteiger partial charge on any atom is 0.182 e. The maximum absolute atomic E-state index is 13.4. The molecule has 0 aliphatic heterocycles. The van der Waals surface area contributed by atoms with Crippen molar-refractivity contribution in [1.29, 1.82) is 0 Å². The van der Waals surface area contributed by atoms with Crippen LogP contribution < -0.4 is 5.73 Å². The van der Waals surface area contributed by atoms with Crippen molar-refractivity contribution in [3.05, 3.63) is 34.9 Å². The summed E-state index contributed by atoms with van der Waals surface area (Å²) < 4.78 is 13.4. The Bertz CT molecular complexity index is 356. The van der Waals surface area contributed by atoms with Crippen LogP contribution in [0.5, 0.6) is 0 Å². The van der Waals surface area contributed by atoms with Crippen molar-refractivity contribution in [3.8, 4) is 0 Å². The number of hydrogen-bond donors (Lipinski definition) is 1. The van der Waals surface area contributed by atoms with E-state index < -0.39 is 17.5 Å². The number of nitrogens with two attached hydrogens (primary N) is 1. The molecule has 15 heavy (non-hydrogen) atoms. The van der Waals surface area contributed by atoms with Crippen molar-refractivity contribution in [2.24, 2.45) is 5.73 Å². The molecule has 1 rings (SSSR count). The second kappa shape index (κ2) is 4.29. The summed E-state index contributed by atoms with van der Waals surface area (Å²) in [5.41, 5.74) is 4.15. The van der Waals surface area contributed by atoms with E-state index in [1.807, 2.05) is 0 Å². The minimum Gasteiger partial charge on any atom is -0.319 e. The highest BCUT2D eigenvalue weighted by Crippen LogP contribution is 2.18. The first-order chi connectivity index (χ1) is 6.82. The van der Waals surface area contributed by atoms with Gasteiger partial charge in [0.25, 0.3) is 0 Å². The van der Waals surface area contributed by atoms with Crippen molar-refractivity contribution in [2.45, 2.75) is 25.6 Å². The number of alkyl halides is 1. The smallest absolute Gasteiger partial charge is 0.182 e. The minimum atomic E-state index is -1.73. The molecule has 0 aromatic heterocycles. The molecule has 0 amide bonds. The molecule has 0 saturated carbocycles. The quantitative estimate of drug-likeness (QED) is 0.810. The fourth-order valence-electron chi connectivity index (χ4n) is 1.11. The van der Waals surface area contributed by atoms with Gasteiger partial charge in [0.1, 0.15) is 11.7 Å². The summed E-state index contributed by atoms with van der Waals surface area (Å²) in [7, 11) is 0. The standard InChI is InChI=1S/C11H13ClFNO/c1-11(2,13)10(14)9(15)7-3-5-8(12)6-4-7/h3-6,10H,14H2,1-2H3. The molecule has 1 aromatic rings. The molecule has 0 radical (unpaired) electrons. The molecule has 1 aromatic carbocycles. The van der Waals surface area contributed by atoms with Gasteiger partial charge in [-0.25, -0.2) is 4.39 Å². The molecule has 82 valence electrons. The molecule has 2 N–H and O–H groups in total. The fourth-order valence-corrected chi connectivity index (χ4v) is 1.23. The van der Waals surface area contributed by atoms with Crippen molar-refractivity contribution < 1.29 is 9.18 Å². The molecule has 0 saturated heterocycles. The molecule has 0 fully saturated rings. The van der Waals surface area contributed by atoms with Gasteiger partial charge in [-0.05, 0) is 38.1 Å². The number of carbonyl (C=O) groups is 1. The predicted octanol–water partition coefficient (Wildman–Crippen LogP) is 2.60. The number of Topliss-reactive ketones (excluding diaryl/α,β-unsaturated/α-hetero) is 1. The Morgan fingerprint density at radius 3 is 2.27 bits per heavy atom. The second-order valence-electron chi connectivity index (χ2n) is 3.91. The van der Waals surface area contributed by atoms with E-state index in [4.69, 9.17) is 17.3 Å². The van der Waals surface area contributed by atoms with E-state index in [-0.39, 0.29) is 0 Å². The van der Waals surface area contributed by atoms with E-state index in [0.717, 1.165) is 0 Å². The zero-order valence-corrected chi connectivity index (χ0v) is 9.38. The van der Waals surface area contributed by atoms with Gasteiger partial charge in [-0.3, -0.25) is 4.79 Å². The number of hydrogen-bond acceptors (Lipinski definition) is 2. The summed E-state index contributed by atoms with van der Waals surface area (Å²) >= 11 is 5.67. The Morgan fingerprint density at radius 2 is 1.87 bits per heavy atom. The van der Waals surface area contributed by atoms with Gasteiger partial charge in [-0.1, -0.05) is 11.6 Å². The van der Waals surface area contributed by atoms with Gasteiger partial charge in [0.05, 0.1) is 0 Å². The SMILES string of the molecule is CC(C)(F)C(N)C(=O)c1ccc(Cl)cc1. The summed E-state index contributed by atoms with van der Waals surface area (Å²) in [5, 5.41) is 0.527. The third kappa shape index (κ3) is 3.01. The molecule has 0 aliphatic carbocycles. The first-order valence-corrected chi connectivity index (χ1v) is 4.94. The topological polar surface area (TPSA) is 43.1 Å². The third-order valence-electron chi connectivity index (χ3n) is 2.15. The molecule has 2 nitrogen and oxygen atoms in total. The second-order valence-corrected chi connectivity index (χ2v) is 4.35. The first-order valence-electron chi connectivity index (χ1n) is 4.56. The average molecular weight is 230 g/mol. The zero-order valence-electron chi connectivity index (χ0n) is 8.63. The van der Waals surface area contributed by atoms with Gasteiger partial charge in [-0.2, -0.15) is 0 Å². The van der Waals surface area contributed by atoms with Crippen LogP contribution in [0.3, 0.4) is 0 Å². The summed E-state index contributed by atoms with van der Waals surface area (Å²) in [4.78, 5) is 11.7. The van der Waals surface area contributed by atoms with Crippen LogP contribution in [0.2, 0.25) is 5.02 Å². The number of rotatable bonds is 3. The van der Waals surface area contributed by atoms with Gasteiger partial charge in [0.2, 0.25) is 0 Å². The van der Waals surface area contributed by atoms with Crippen molar-refractivity contribution in [1.82, 2.24) is 0 Å². The third-order valence-corrected chi connectivity index (χ3v) is 2.40. The lowest BCUT2D eigenvalue weighted by atomic mass is 9.93. The fraction of sp³-hybridized carbons (Fsp3) is 0.364. The highest BCUT2D eigenvalue weighted by atomic mass is 35.5. The lowest BCUT2D eigenvalue weighted by Crippen LogP contribution is -2.45. The average Bonchev–Trinajstić information content (AvgIpc) is 2.15. The molecule has 1 atom stereocenters. The lowest BCUT2D eigenvalue weighted by molar-refractivity contribution is 0.0833. The lowest BCUT2D eigenvalue weighted by Gasteiger charge is -2.21. The van der Waals surface area contributed by atoms with Crippen LogP contribution >= 0.6 is 11.6 Å². The number of ketones is 1. The van der Waals surface area contributed by atoms with Crippen molar-refractivity contribution >= 4 is 17.4 Å². The number of carbonyl (C=O) groups excluding carboxylic acids is 1. The van der Waals surface area contributed by atoms with Crippen LogP contribution in [0, 0.1) is 0 Å². The molecule has 4 heteroatoms. The Labute approximate surface area is 93.2 Å². The van der Waals surface area contributed by atoms with Crippen molar-refractivity contribution in [2.75, 3.05) is 0 Å². The minimum absolute atomic E-state index is 0.373. The highest BCUT2D eigenvalue weighted by Gasteiger charge is 2.32. The summed E-state index contributed by atoms with van der Waals surface area (Å²) in [6, 6.07) is 5.07. The number of benzene rings is 1. The maximum atomic E-state index is 13.4. The van der Waals surface area contributed by atoms with E-state index in [1.54, 1.807) is 12.1 Å². The Morgan fingerprint density at radius 1 is 1.40 bits per heavy atom. The molecule has 1 unspecified atom stereocenters. The van der Waals surface area contributed by atoms with Crippen molar-refractivity contribution in [3.63, 3.8) is 0 Å². The molecule has 0 heterocycles. The van der Waals surface area contributed by atoms with Crippen LogP contribution in [0.1, 0.15) is 24.2 Å². The van der Waals surface area contributed by atoms with Crippen LogP contribution in [0.25, 0.3) is 0 Å². The van der Waals surface area contributed by atoms with Gasteiger partial charge in [0, 0.05) is 10.6 Å². The molecular formula is C11H13ClFNO. The van der Waals surface area contributed by atoms with E-state index in [2.05, 4.69) is 0 Å². The van der Waals surface area contributed by atoms with Crippen LogP contribution in [0.15, 0.2) is 24.3 Å². The Kier molecular flexibility index (Phi) is 3.47. The predicted molar refractivity (Wildman–Crippen MR) is 58.9 cm³/mol. The highest BCUT2D eigenvalue weighted by molar-refractivity contribution is 6.30. The van der Waals surface area contributed by atoms with Crippen LogP contribution in [0.4, 0.5) is 4.39 Å². The Hall–Kier alpha value is -0.930. The molecule has 0 aliphatic rings. The van der Waals surface area contributed by atoms with Gasteiger partial charge in [-0.15, -0.1) is 0 Å². The largest absolute Gasteiger partial charge is 0.319 e. The van der Waals surface area contributed by atoms with Crippen LogP contribution in [-0.2, 0) is 0 Å². The number of halogens is 2. The van der Waals surface area contributed by atoms with Gasteiger partial charge in [0.15, 0.2) is 5.78 Å². The summed E-state index contributed by atoms with van der Waals surface area (Å²) in [6.07, 6.45) is 0. The molecule has 0 spiro atoms. The molecule has 0 bridgehead atoms.